The van der Waals surface area contributed by atoms with Gasteiger partial charge in [0.25, 0.3) is 0 Å². The van der Waals surface area contributed by atoms with Gasteiger partial charge in [0.2, 0.25) is 5.89 Å². The predicted octanol–water partition coefficient (Wildman–Crippen LogP) is 1.33. The summed E-state index contributed by atoms with van der Waals surface area (Å²) >= 11 is 2.03. The van der Waals surface area contributed by atoms with Gasteiger partial charge in [0.1, 0.15) is 6.54 Å². The smallest absolute Gasteiger partial charge is 0.248 e. The molecule has 1 saturated heterocycles. The first-order valence-corrected chi connectivity index (χ1v) is 7.75. The average Bonchev–Trinajstić information content (AvgIpc) is 3.04. The molecule has 0 aromatic carbocycles. The van der Waals surface area contributed by atoms with Crippen molar-refractivity contribution in [3.8, 4) is 0 Å². The normalized spacial score (nSPS) is 19.7. The van der Waals surface area contributed by atoms with Crippen molar-refractivity contribution in [3.63, 3.8) is 0 Å². The van der Waals surface area contributed by atoms with Gasteiger partial charge in [0.15, 0.2) is 11.8 Å². The molecule has 2 N–H and O–H groups in total. The van der Waals surface area contributed by atoms with E-state index in [2.05, 4.69) is 32.7 Å². The average molecular weight is 283 g/mol. The van der Waals surface area contributed by atoms with Gasteiger partial charge in [0.05, 0.1) is 0 Å². The maximum Gasteiger partial charge on any atom is 0.248 e. The number of hydrogen-bond donors (Lipinski definition) is 2. The minimum absolute atomic E-state index is 0.411. The van der Waals surface area contributed by atoms with E-state index < -0.39 is 0 Å². The monoisotopic (exact) mass is 283 g/mol. The fraction of sp³-hybridized carbons (Fsp3) is 0.750. The maximum absolute atomic E-state index is 5.04. The second kappa shape index (κ2) is 7.37. The van der Waals surface area contributed by atoms with Gasteiger partial charge in [-0.1, -0.05) is 5.16 Å². The Hall–Kier alpha value is -1.24. The van der Waals surface area contributed by atoms with E-state index in [0.29, 0.717) is 23.5 Å². The van der Waals surface area contributed by atoms with Gasteiger partial charge in [-0.15, -0.1) is 0 Å². The van der Waals surface area contributed by atoms with Gasteiger partial charge in [-0.25, -0.2) is 4.99 Å². The third-order valence-electron chi connectivity index (χ3n) is 2.81. The first-order chi connectivity index (χ1) is 9.28. The Morgan fingerprint density at radius 3 is 3.05 bits per heavy atom. The topological polar surface area (TPSA) is 75.3 Å². The zero-order valence-electron chi connectivity index (χ0n) is 11.5. The van der Waals surface area contributed by atoms with Crippen molar-refractivity contribution in [1.29, 1.82) is 0 Å². The van der Waals surface area contributed by atoms with Crippen LogP contribution in [0.5, 0.6) is 0 Å². The minimum Gasteiger partial charge on any atom is -0.357 e. The molecule has 2 rings (SSSR count). The molecule has 0 amide bonds. The van der Waals surface area contributed by atoms with E-state index >= 15 is 0 Å². The molecule has 0 bridgehead atoms. The van der Waals surface area contributed by atoms with E-state index in [0.717, 1.165) is 19.0 Å². The first-order valence-electron chi connectivity index (χ1n) is 6.71. The molecule has 106 valence electrons. The molecule has 1 aromatic rings. The van der Waals surface area contributed by atoms with Crippen LogP contribution in [0.3, 0.4) is 0 Å². The molecule has 1 aromatic heterocycles. The standard InChI is InChI=1S/C12H21N5OS/c1-3-13-12(14-7-10-5-4-6-19-10)15-8-11-16-9(2)17-18-11/h10H,3-8H2,1-2H3,(H2,13,14,15). The Labute approximate surface area is 117 Å². The molecule has 1 aliphatic heterocycles. The lowest BCUT2D eigenvalue weighted by atomic mass is 10.2. The summed E-state index contributed by atoms with van der Waals surface area (Å²) in [5, 5.41) is 11.0. The number of hydrogen-bond acceptors (Lipinski definition) is 5. The van der Waals surface area contributed by atoms with Crippen molar-refractivity contribution < 1.29 is 4.52 Å². The predicted molar refractivity (Wildman–Crippen MR) is 77.3 cm³/mol. The molecule has 6 nitrogen and oxygen atoms in total. The van der Waals surface area contributed by atoms with E-state index in [9.17, 15) is 0 Å². The van der Waals surface area contributed by atoms with Gasteiger partial charge in [-0.3, -0.25) is 0 Å². The largest absolute Gasteiger partial charge is 0.357 e. The number of aromatic nitrogens is 2. The van der Waals surface area contributed by atoms with Crippen LogP contribution in [0.4, 0.5) is 0 Å². The fourth-order valence-electron chi connectivity index (χ4n) is 1.91. The Balaban J connectivity index is 1.83. The number of nitrogens with zero attached hydrogens (tertiary/aromatic N) is 3. The zero-order valence-corrected chi connectivity index (χ0v) is 12.3. The summed E-state index contributed by atoms with van der Waals surface area (Å²) in [5.74, 6) is 3.28. The van der Waals surface area contributed by atoms with Crippen molar-refractivity contribution in [3.05, 3.63) is 11.7 Å². The zero-order chi connectivity index (χ0) is 13.5. The second-order valence-electron chi connectivity index (χ2n) is 4.45. The lowest BCUT2D eigenvalue weighted by Gasteiger charge is -2.14. The number of guanidine groups is 1. The molecule has 1 aliphatic rings. The lowest BCUT2D eigenvalue weighted by Crippen LogP contribution is -2.40. The Morgan fingerprint density at radius 1 is 1.53 bits per heavy atom. The van der Waals surface area contributed by atoms with Crippen molar-refractivity contribution in [2.45, 2.75) is 38.5 Å². The Kier molecular flexibility index (Phi) is 5.50. The van der Waals surface area contributed by atoms with E-state index in [4.69, 9.17) is 4.52 Å². The van der Waals surface area contributed by atoms with E-state index in [1.54, 1.807) is 6.92 Å². The van der Waals surface area contributed by atoms with Crippen molar-refractivity contribution in [2.75, 3.05) is 18.8 Å². The lowest BCUT2D eigenvalue weighted by molar-refractivity contribution is 0.376. The summed E-state index contributed by atoms with van der Waals surface area (Å²) in [6, 6.07) is 0. The third-order valence-corrected chi connectivity index (χ3v) is 4.21. The van der Waals surface area contributed by atoms with E-state index in [1.807, 2.05) is 11.8 Å². The Bertz CT molecular complexity index is 414. The van der Waals surface area contributed by atoms with Crippen LogP contribution in [0.2, 0.25) is 0 Å². The van der Waals surface area contributed by atoms with Gasteiger partial charge < -0.3 is 15.2 Å². The highest BCUT2D eigenvalue weighted by atomic mass is 32.2. The van der Waals surface area contributed by atoms with Crippen LogP contribution in [0.25, 0.3) is 0 Å². The highest BCUT2D eigenvalue weighted by Gasteiger charge is 2.15. The van der Waals surface area contributed by atoms with Gasteiger partial charge in [-0.05, 0) is 32.4 Å². The first kappa shape index (κ1) is 14.2. The summed E-state index contributed by atoms with van der Waals surface area (Å²) in [5.41, 5.74) is 0. The van der Waals surface area contributed by atoms with E-state index in [-0.39, 0.29) is 0 Å². The van der Waals surface area contributed by atoms with Crippen LogP contribution in [-0.2, 0) is 6.54 Å². The van der Waals surface area contributed by atoms with Crippen LogP contribution in [0.1, 0.15) is 31.5 Å². The number of aliphatic imine (C=N–C) groups is 1. The summed E-state index contributed by atoms with van der Waals surface area (Å²) < 4.78 is 5.04. The number of nitrogens with one attached hydrogen (secondary N) is 2. The van der Waals surface area contributed by atoms with Crippen molar-refractivity contribution in [2.24, 2.45) is 4.99 Å². The minimum atomic E-state index is 0.411. The van der Waals surface area contributed by atoms with E-state index in [1.165, 1.54) is 18.6 Å². The molecule has 1 atom stereocenters. The quantitative estimate of drug-likeness (QED) is 0.627. The van der Waals surface area contributed by atoms with Gasteiger partial charge >= 0.3 is 0 Å². The second-order valence-corrected chi connectivity index (χ2v) is 5.85. The molecular formula is C12H21N5OS. The van der Waals surface area contributed by atoms with Crippen molar-refractivity contribution >= 4 is 17.7 Å². The molecule has 7 heteroatoms. The molecule has 0 spiro atoms. The maximum atomic E-state index is 5.04. The van der Waals surface area contributed by atoms with Crippen molar-refractivity contribution in [1.82, 2.24) is 20.8 Å². The summed E-state index contributed by atoms with van der Waals surface area (Å²) in [4.78, 5) is 8.58. The third kappa shape index (κ3) is 4.74. The SMILES string of the molecule is CCNC(=NCc1nc(C)no1)NCC1CCCS1. The van der Waals surface area contributed by atoms with Crippen LogP contribution in [0, 0.1) is 6.92 Å². The van der Waals surface area contributed by atoms with Crippen LogP contribution < -0.4 is 10.6 Å². The number of rotatable bonds is 5. The molecule has 2 heterocycles. The fourth-order valence-corrected chi connectivity index (χ4v) is 3.11. The summed E-state index contributed by atoms with van der Waals surface area (Å²) in [7, 11) is 0. The molecule has 0 saturated carbocycles. The summed E-state index contributed by atoms with van der Waals surface area (Å²) in [6.45, 7) is 6.07. The number of thioether (sulfide) groups is 1. The van der Waals surface area contributed by atoms with Gasteiger partial charge in [0, 0.05) is 18.3 Å². The summed E-state index contributed by atoms with van der Waals surface area (Å²) in [6.07, 6.45) is 2.62. The van der Waals surface area contributed by atoms with Crippen LogP contribution >= 0.6 is 11.8 Å². The highest BCUT2D eigenvalue weighted by Crippen LogP contribution is 2.25. The molecule has 0 radical (unpaired) electrons. The van der Waals surface area contributed by atoms with Crippen LogP contribution in [-0.4, -0.2) is 40.2 Å². The van der Waals surface area contributed by atoms with Crippen LogP contribution in [0.15, 0.2) is 9.52 Å². The molecule has 0 aliphatic carbocycles. The Morgan fingerprint density at radius 2 is 2.42 bits per heavy atom. The highest BCUT2D eigenvalue weighted by molar-refractivity contribution is 8.00. The molecular weight excluding hydrogens is 262 g/mol. The molecule has 19 heavy (non-hydrogen) atoms. The van der Waals surface area contributed by atoms with Gasteiger partial charge in [-0.2, -0.15) is 16.7 Å². The molecule has 1 fully saturated rings. The number of aryl methyl sites for hydroxylation is 1. The molecule has 1 unspecified atom stereocenters.